The van der Waals surface area contributed by atoms with Gasteiger partial charge in [-0.3, -0.25) is 4.79 Å². The van der Waals surface area contributed by atoms with Gasteiger partial charge < -0.3 is 14.6 Å². The topological polar surface area (TPSA) is 55.8 Å². The number of ether oxygens (including phenoxy) is 2. The molecule has 0 spiro atoms. The standard InChI is InChI=1S/C7H8Cl2O4/c8-4-5(9)7(3-6(10)11)12-1-2-13-7/h4H,1-3H2,(H,10,11)/b5-4-. The van der Waals surface area contributed by atoms with Crippen molar-refractivity contribution >= 4 is 29.2 Å². The van der Waals surface area contributed by atoms with Gasteiger partial charge in [0.15, 0.2) is 0 Å². The van der Waals surface area contributed by atoms with Gasteiger partial charge in [0.1, 0.15) is 6.42 Å². The third kappa shape index (κ3) is 2.34. The fourth-order valence-electron chi connectivity index (χ4n) is 1.06. The van der Waals surface area contributed by atoms with Crippen molar-refractivity contribution in [3.63, 3.8) is 0 Å². The van der Waals surface area contributed by atoms with Gasteiger partial charge in [0.05, 0.1) is 18.2 Å². The first kappa shape index (κ1) is 10.8. The fourth-order valence-corrected chi connectivity index (χ4v) is 1.40. The summed E-state index contributed by atoms with van der Waals surface area (Å²) in [6.07, 6.45) is -0.352. The second kappa shape index (κ2) is 4.28. The summed E-state index contributed by atoms with van der Waals surface area (Å²) >= 11 is 11.0. The summed E-state index contributed by atoms with van der Waals surface area (Å²) in [6.45, 7) is 0.627. The molecule has 0 aromatic rings. The molecule has 1 aliphatic rings. The van der Waals surface area contributed by atoms with E-state index in [1.165, 1.54) is 0 Å². The molecule has 0 aromatic carbocycles. The minimum Gasteiger partial charge on any atom is -0.481 e. The van der Waals surface area contributed by atoms with Gasteiger partial charge in [-0.15, -0.1) is 0 Å². The van der Waals surface area contributed by atoms with E-state index in [1.54, 1.807) is 0 Å². The van der Waals surface area contributed by atoms with E-state index in [1.807, 2.05) is 0 Å². The van der Waals surface area contributed by atoms with E-state index in [0.29, 0.717) is 13.2 Å². The SMILES string of the molecule is O=C(O)CC1(/C(Cl)=C/Cl)OCCO1. The van der Waals surface area contributed by atoms with Crippen LogP contribution < -0.4 is 0 Å². The van der Waals surface area contributed by atoms with Gasteiger partial charge in [-0.1, -0.05) is 23.2 Å². The summed E-state index contributed by atoms with van der Waals surface area (Å²) in [5.41, 5.74) is 1.05. The van der Waals surface area contributed by atoms with Crippen molar-refractivity contribution < 1.29 is 19.4 Å². The number of aliphatic carboxylic acids is 1. The molecule has 0 atom stereocenters. The molecule has 1 heterocycles. The summed E-state index contributed by atoms with van der Waals surface area (Å²) < 4.78 is 10.2. The Morgan fingerprint density at radius 2 is 2.08 bits per heavy atom. The Kier molecular flexibility index (Phi) is 3.55. The van der Waals surface area contributed by atoms with E-state index in [2.05, 4.69) is 0 Å². The predicted octanol–water partition coefficient (Wildman–Crippen LogP) is 1.52. The third-order valence-electron chi connectivity index (χ3n) is 1.60. The van der Waals surface area contributed by atoms with Crippen molar-refractivity contribution in [2.45, 2.75) is 12.2 Å². The third-order valence-corrected chi connectivity index (χ3v) is 2.32. The minimum absolute atomic E-state index is 0.0501. The molecule has 4 nitrogen and oxygen atoms in total. The number of halogens is 2. The highest BCUT2D eigenvalue weighted by Gasteiger charge is 2.42. The molecule has 0 amide bonds. The highest BCUT2D eigenvalue weighted by Crippen LogP contribution is 2.34. The van der Waals surface area contributed by atoms with E-state index in [-0.39, 0.29) is 11.5 Å². The maximum absolute atomic E-state index is 10.5. The van der Waals surface area contributed by atoms with E-state index >= 15 is 0 Å². The maximum atomic E-state index is 10.5. The first-order valence-corrected chi connectivity index (χ1v) is 4.38. The van der Waals surface area contributed by atoms with Crippen LogP contribution >= 0.6 is 23.2 Å². The molecule has 1 aliphatic heterocycles. The Morgan fingerprint density at radius 3 is 2.46 bits per heavy atom. The normalized spacial score (nSPS) is 21.8. The zero-order chi connectivity index (χ0) is 9.90. The van der Waals surface area contributed by atoms with E-state index in [0.717, 1.165) is 5.54 Å². The molecule has 0 aliphatic carbocycles. The first-order valence-electron chi connectivity index (χ1n) is 3.57. The van der Waals surface area contributed by atoms with Crippen LogP contribution in [-0.4, -0.2) is 30.1 Å². The second-order valence-electron chi connectivity index (χ2n) is 2.48. The van der Waals surface area contributed by atoms with Crippen molar-refractivity contribution in [2.75, 3.05) is 13.2 Å². The monoisotopic (exact) mass is 226 g/mol. The lowest BCUT2D eigenvalue weighted by molar-refractivity contribution is -0.161. The van der Waals surface area contributed by atoms with Crippen LogP contribution in [0.15, 0.2) is 10.6 Å². The fraction of sp³-hybridized carbons (Fsp3) is 0.571. The van der Waals surface area contributed by atoms with Crippen LogP contribution in [0.1, 0.15) is 6.42 Å². The van der Waals surface area contributed by atoms with Gasteiger partial charge in [0.2, 0.25) is 5.79 Å². The minimum atomic E-state index is -1.38. The van der Waals surface area contributed by atoms with Crippen LogP contribution in [0.25, 0.3) is 0 Å². The summed E-state index contributed by atoms with van der Waals surface area (Å²) in [6, 6.07) is 0. The zero-order valence-electron chi connectivity index (χ0n) is 6.63. The van der Waals surface area contributed by atoms with Crippen LogP contribution in [0.4, 0.5) is 0 Å². The molecule has 13 heavy (non-hydrogen) atoms. The Hall–Kier alpha value is -0.290. The highest BCUT2D eigenvalue weighted by molar-refractivity contribution is 6.37. The quantitative estimate of drug-likeness (QED) is 0.794. The van der Waals surface area contributed by atoms with Crippen LogP contribution in [0.5, 0.6) is 0 Å². The van der Waals surface area contributed by atoms with Crippen LogP contribution in [0.2, 0.25) is 0 Å². The maximum Gasteiger partial charge on any atom is 0.309 e. The average molecular weight is 227 g/mol. The number of hydrogen-bond acceptors (Lipinski definition) is 3. The molecule has 74 valence electrons. The van der Waals surface area contributed by atoms with Gasteiger partial charge in [-0.25, -0.2) is 0 Å². The van der Waals surface area contributed by atoms with Crippen molar-refractivity contribution in [3.8, 4) is 0 Å². The molecule has 0 aromatic heterocycles. The lowest BCUT2D eigenvalue weighted by Crippen LogP contribution is -2.33. The predicted molar refractivity (Wildman–Crippen MR) is 46.7 cm³/mol. The van der Waals surface area contributed by atoms with Crippen LogP contribution in [-0.2, 0) is 14.3 Å². The van der Waals surface area contributed by atoms with Gasteiger partial charge in [-0.05, 0) is 0 Å². The number of carbonyl (C=O) groups is 1. The summed E-state index contributed by atoms with van der Waals surface area (Å²) in [7, 11) is 0. The Bertz CT molecular complexity index is 233. The largest absolute Gasteiger partial charge is 0.481 e. The van der Waals surface area contributed by atoms with E-state index in [4.69, 9.17) is 37.8 Å². The van der Waals surface area contributed by atoms with E-state index < -0.39 is 11.8 Å². The number of hydrogen-bond donors (Lipinski definition) is 1. The molecule has 0 unspecified atom stereocenters. The summed E-state index contributed by atoms with van der Waals surface area (Å²) in [4.78, 5) is 10.5. The molecule has 0 saturated carbocycles. The number of carboxylic acids is 1. The highest BCUT2D eigenvalue weighted by atomic mass is 35.5. The Labute approximate surface area is 85.0 Å². The molecule has 6 heteroatoms. The van der Waals surface area contributed by atoms with Crippen molar-refractivity contribution in [2.24, 2.45) is 0 Å². The van der Waals surface area contributed by atoms with Gasteiger partial charge in [-0.2, -0.15) is 0 Å². The molecule has 1 N–H and O–H groups in total. The lowest BCUT2D eigenvalue weighted by atomic mass is 10.2. The molecular weight excluding hydrogens is 219 g/mol. The van der Waals surface area contributed by atoms with Crippen molar-refractivity contribution in [1.82, 2.24) is 0 Å². The number of rotatable bonds is 3. The molecular formula is C7H8Cl2O4. The molecule has 0 bridgehead atoms. The molecule has 1 rings (SSSR count). The second-order valence-corrected chi connectivity index (χ2v) is 3.10. The lowest BCUT2D eigenvalue weighted by Gasteiger charge is -2.24. The van der Waals surface area contributed by atoms with Crippen LogP contribution in [0, 0.1) is 0 Å². The van der Waals surface area contributed by atoms with Gasteiger partial charge in [0.25, 0.3) is 0 Å². The number of carboxylic acid groups (broad SMARTS) is 1. The van der Waals surface area contributed by atoms with Gasteiger partial charge >= 0.3 is 5.97 Å². The average Bonchev–Trinajstić information content (AvgIpc) is 2.51. The summed E-state index contributed by atoms with van der Waals surface area (Å²) in [5.74, 6) is -2.44. The Morgan fingerprint density at radius 1 is 1.54 bits per heavy atom. The van der Waals surface area contributed by atoms with E-state index in [9.17, 15) is 4.79 Å². The molecule has 1 fully saturated rings. The first-order chi connectivity index (χ1) is 6.10. The van der Waals surface area contributed by atoms with Crippen LogP contribution in [0.3, 0.4) is 0 Å². The molecule has 1 saturated heterocycles. The van der Waals surface area contributed by atoms with Crippen molar-refractivity contribution in [1.29, 1.82) is 0 Å². The zero-order valence-corrected chi connectivity index (χ0v) is 8.14. The van der Waals surface area contributed by atoms with Crippen molar-refractivity contribution in [3.05, 3.63) is 10.6 Å². The van der Waals surface area contributed by atoms with Gasteiger partial charge in [0, 0.05) is 5.54 Å². The smallest absolute Gasteiger partial charge is 0.309 e. The Balaban J connectivity index is 2.80. The summed E-state index contributed by atoms with van der Waals surface area (Å²) in [5, 5.41) is 8.64. The molecule has 0 radical (unpaired) electrons.